The summed E-state index contributed by atoms with van der Waals surface area (Å²) in [5.74, 6) is -0.938. The molecule has 0 unspecified atom stereocenters. The maximum absolute atomic E-state index is 16.8. The number of aromatic nitrogens is 7. The second kappa shape index (κ2) is 14.6. The number of hydrogen-bond acceptors (Lipinski definition) is 9. The number of aromatic amines is 1. The van der Waals surface area contributed by atoms with Gasteiger partial charge in [-0.15, -0.1) is 0 Å². The van der Waals surface area contributed by atoms with Crippen LogP contribution in [0.4, 0.5) is 25.0 Å². The Morgan fingerprint density at radius 2 is 1.70 bits per heavy atom. The minimum Gasteiger partial charge on any atom is -0.489 e. The molecule has 0 bridgehead atoms. The summed E-state index contributed by atoms with van der Waals surface area (Å²) < 4.78 is 55.2. The first-order valence-electron chi connectivity index (χ1n) is 24.1. The van der Waals surface area contributed by atoms with Crippen LogP contribution in [0.25, 0.3) is 33.1 Å². The van der Waals surface area contributed by atoms with E-state index in [2.05, 4.69) is 54.2 Å². The van der Waals surface area contributed by atoms with Crippen LogP contribution in [0.1, 0.15) is 116 Å². The number of ether oxygens (including phenoxy) is 2. The van der Waals surface area contributed by atoms with Crippen LogP contribution < -0.4 is 20.3 Å². The van der Waals surface area contributed by atoms with E-state index in [1.54, 1.807) is 36.9 Å². The summed E-state index contributed by atoms with van der Waals surface area (Å²) in [5, 5.41) is 15.1. The number of halogens is 2. The number of aryl methyl sites for hydroxylation is 2. The molecular formula is C51H52F2N10O6. The van der Waals surface area contributed by atoms with Crippen LogP contribution in [-0.4, -0.2) is 89.1 Å². The highest BCUT2D eigenvalue weighted by molar-refractivity contribution is 6.11. The predicted octanol–water partition coefficient (Wildman–Crippen LogP) is 8.64. The summed E-state index contributed by atoms with van der Waals surface area (Å²) in [5.41, 5.74) is 4.96. The molecule has 1 N–H and O–H groups in total. The van der Waals surface area contributed by atoms with Crippen LogP contribution in [0, 0.1) is 31.4 Å². The first-order chi connectivity index (χ1) is 33.1. The maximum atomic E-state index is 16.8. The Hall–Kier alpha value is -6.82. The van der Waals surface area contributed by atoms with Gasteiger partial charge in [-0.2, -0.15) is 10.2 Å². The molecule has 356 valence electrons. The van der Waals surface area contributed by atoms with Crippen molar-refractivity contribution >= 4 is 45.1 Å². The zero-order valence-electron chi connectivity index (χ0n) is 39.3. The standard InChI is InChI=1S/C51H52F2N10O6/c1-25-15-32(16-26(2)40(25)52)42-45(59-23-34-24-67-39-19-37-35(22-54-63(37)33-8-9-33)41(53)44(39)61(34)49(59)66)43-28(4)58(12-13-60(43)56-42)46(64)38-18-31-17-29(30-11-14-68-50(5,6)21-30)7-10-36(31)62(38)51(20-27(51)3)47-55-48(65)69-57-47/h7,10,15-19,22,27-28,30,33-34H,8-9,11-14,20-21,23-24H2,1-6H3,(H,55,57,65)/t27-,28+,30-,34+,51-/m0/s1. The molecule has 69 heavy (non-hydrogen) atoms. The van der Waals surface area contributed by atoms with E-state index < -0.39 is 35.2 Å². The summed E-state index contributed by atoms with van der Waals surface area (Å²) in [6, 6.07) is 12.1. The van der Waals surface area contributed by atoms with E-state index in [1.165, 1.54) is 16.7 Å². The van der Waals surface area contributed by atoms with Gasteiger partial charge in [0.05, 0.1) is 65.3 Å². The van der Waals surface area contributed by atoms with Crippen molar-refractivity contribution in [2.24, 2.45) is 5.92 Å². The van der Waals surface area contributed by atoms with Gasteiger partial charge in [0, 0.05) is 35.7 Å². The lowest BCUT2D eigenvalue weighted by Gasteiger charge is -2.36. The SMILES string of the molecule is Cc1cc(-c2nn3c(c2N2C[C@@H]4COc5cc6c(cnn6C6CC6)c(F)c5N4C2=O)[C@@H](C)N(C(=O)c2cc4cc([C@H]5CCOC(C)(C)C5)ccc4n2[C@@]2(c4noc(=O)[nH]4)C[C@@H]2C)CC3)cc(C)c1F. The van der Waals surface area contributed by atoms with Crippen LogP contribution in [0.5, 0.6) is 5.75 Å². The van der Waals surface area contributed by atoms with Gasteiger partial charge in [-0.05, 0) is 126 Å². The average Bonchev–Trinajstić information content (AvgIpc) is 3.88. The largest absolute Gasteiger partial charge is 0.489 e. The Labute approximate surface area is 394 Å². The van der Waals surface area contributed by atoms with Gasteiger partial charge in [0.15, 0.2) is 11.6 Å². The highest BCUT2D eigenvalue weighted by Crippen LogP contribution is 2.56. The monoisotopic (exact) mass is 938 g/mol. The van der Waals surface area contributed by atoms with Crippen molar-refractivity contribution in [1.29, 1.82) is 0 Å². The van der Waals surface area contributed by atoms with E-state index in [-0.39, 0.29) is 66.3 Å². The number of rotatable bonds is 7. The van der Waals surface area contributed by atoms with Crippen molar-refractivity contribution in [2.75, 3.05) is 36.1 Å². The van der Waals surface area contributed by atoms with Gasteiger partial charge in [0.2, 0.25) is 0 Å². The number of fused-ring (bicyclic) bond motifs is 6. The van der Waals surface area contributed by atoms with Gasteiger partial charge in [-0.25, -0.2) is 18.4 Å². The highest BCUT2D eigenvalue weighted by atomic mass is 19.1. The number of anilines is 2. The number of H-pyrrole nitrogens is 1. The second-order valence-corrected chi connectivity index (χ2v) is 20.9. The van der Waals surface area contributed by atoms with Crippen molar-refractivity contribution in [3.05, 3.63) is 105 Å². The number of hydrogen-bond donors (Lipinski definition) is 1. The molecule has 5 atom stereocenters. The molecule has 16 nitrogen and oxygen atoms in total. The molecule has 3 amide bonds. The van der Waals surface area contributed by atoms with E-state index in [9.17, 15) is 4.79 Å². The van der Waals surface area contributed by atoms with E-state index >= 15 is 18.4 Å². The molecular weight excluding hydrogens is 887 g/mol. The van der Waals surface area contributed by atoms with Crippen molar-refractivity contribution in [3.8, 4) is 17.0 Å². The van der Waals surface area contributed by atoms with Gasteiger partial charge in [0.25, 0.3) is 5.91 Å². The number of benzene rings is 3. The smallest absolute Gasteiger partial charge is 0.438 e. The molecule has 2 aliphatic carbocycles. The van der Waals surface area contributed by atoms with Gasteiger partial charge in [-0.1, -0.05) is 18.1 Å². The molecule has 2 saturated heterocycles. The lowest BCUT2D eigenvalue weighted by atomic mass is 9.83. The van der Waals surface area contributed by atoms with Gasteiger partial charge in [0.1, 0.15) is 40.8 Å². The Kier molecular flexibility index (Phi) is 8.95. The highest BCUT2D eigenvalue weighted by Gasteiger charge is 2.59. The molecule has 7 aromatic rings. The number of amides is 3. The van der Waals surface area contributed by atoms with Crippen molar-refractivity contribution in [2.45, 2.75) is 115 Å². The second-order valence-electron chi connectivity index (χ2n) is 20.9. The van der Waals surface area contributed by atoms with E-state index in [4.69, 9.17) is 19.1 Å². The Morgan fingerprint density at radius 1 is 0.913 bits per heavy atom. The number of urea groups is 1. The molecule has 0 spiro atoms. The van der Waals surface area contributed by atoms with Crippen LogP contribution in [-0.2, 0) is 16.8 Å². The van der Waals surface area contributed by atoms with E-state index in [0.717, 1.165) is 36.6 Å². The normalized spacial score (nSPS) is 25.0. The maximum Gasteiger partial charge on any atom is 0.438 e. The zero-order valence-corrected chi connectivity index (χ0v) is 39.3. The molecule has 18 heteroatoms. The van der Waals surface area contributed by atoms with Crippen molar-refractivity contribution in [1.82, 2.24) is 39.2 Å². The molecule has 3 aromatic carbocycles. The summed E-state index contributed by atoms with van der Waals surface area (Å²) in [6.07, 6.45) is 5.80. The Bertz CT molecular complexity index is 3390. The number of carbonyl (C=O) groups excluding carboxylic acids is 2. The van der Waals surface area contributed by atoms with Crippen LogP contribution in [0.3, 0.4) is 0 Å². The van der Waals surface area contributed by atoms with Crippen molar-refractivity contribution in [3.63, 3.8) is 0 Å². The molecule has 8 heterocycles. The van der Waals surface area contributed by atoms with Crippen LogP contribution in [0.2, 0.25) is 0 Å². The first kappa shape index (κ1) is 42.3. The minimum atomic E-state index is -0.860. The van der Waals surface area contributed by atoms with Crippen LogP contribution in [0.15, 0.2) is 58.0 Å². The third kappa shape index (κ3) is 6.18. The zero-order chi connectivity index (χ0) is 47.6. The Balaban J connectivity index is 0.930. The lowest BCUT2D eigenvalue weighted by molar-refractivity contribution is -0.0592. The molecule has 4 fully saturated rings. The molecule has 2 saturated carbocycles. The number of carbonyl (C=O) groups is 2. The summed E-state index contributed by atoms with van der Waals surface area (Å²) in [4.78, 5) is 51.1. The lowest BCUT2D eigenvalue weighted by Crippen LogP contribution is -2.43. The molecule has 13 rings (SSSR count). The average molecular weight is 939 g/mol. The number of nitrogens with zero attached hydrogens (tertiary/aromatic N) is 9. The quantitative estimate of drug-likeness (QED) is 0.165. The fourth-order valence-electron chi connectivity index (χ4n) is 12.2. The van der Waals surface area contributed by atoms with Gasteiger partial charge in [-0.3, -0.25) is 33.5 Å². The first-order valence-corrected chi connectivity index (χ1v) is 24.1. The molecule has 0 radical (unpaired) electrons. The van der Waals surface area contributed by atoms with Gasteiger partial charge < -0.3 is 18.9 Å². The number of nitrogens with one attached hydrogen (secondary N) is 1. The van der Waals surface area contributed by atoms with Crippen LogP contribution >= 0.6 is 0 Å². The van der Waals surface area contributed by atoms with Gasteiger partial charge >= 0.3 is 11.8 Å². The molecule has 4 aromatic heterocycles. The summed E-state index contributed by atoms with van der Waals surface area (Å²) in [6.45, 7) is 13.1. The fraction of sp³-hybridized carbons (Fsp3) is 0.451. The third-order valence-corrected chi connectivity index (χ3v) is 15.9. The Morgan fingerprint density at radius 3 is 2.41 bits per heavy atom. The summed E-state index contributed by atoms with van der Waals surface area (Å²) >= 11 is 0. The molecule has 6 aliphatic rings. The summed E-state index contributed by atoms with van der Waals surface area (Å²) in [7, 11) is 0. The third-order valence-electron chi connectivity index (χ3n) is 15.9. The van der Waals surface area contributed by atoms with Crippen molar-refractivity contribution < 1.29 is 32.4 Å². The predicted molar refractivity (Wildman–Crippen MR) is 251 cm³/mol. The molecule has 4 aliphatic heterocycles. The fourth-order valence-corrected chi connectivity index (χ4v) is 12.2. The topological polar surface area (TPSA) is 162 Å². The van der Waals surface area contributed by atoms with E-state index in [0.29, 0.717) is 75.8 Å². The minimum absolute atomic E-state index is 0.00232. The van der Waals surface area contributed by atoms with E-state index in [1.807, 2.05) is 31.8 Å².